The molecule has 0 spiro atoms. The van der Waals surface area contributed by atoms with Gasteiger partial charge in [0.05, 0.1) is 0 Å². The monoisotopic (exact) mass is 730 g/mol. The van der Waals surface area contributed by atoms with Crippen LogP contribution in [-0.4, -0.2) is 4.98 Å². The molecule has 4 nitrogen and oxygen atoms in total. The average Bonchev–Trinajstić information content (AvgIpc) is 3.88. The van der Waals surface area contributed by atoms with Crippen LogP contribution < -0.4 is 4.90 Å². The third-order valence-electron chi connectivity index (χ3n) is 10.9. The zero-order chi connectivity index (χ0) is 37.7. The molecule has 0 aliphatic heterocycles. The molecule has 57 heavy (non-hydrogen) atoms. The summed E-state index contributed by atoms with van der Waals surface area (Å²) in [7, 11) is 0. The number of benzene rings is 9. The Balaban J connectivity index is 0.986. The highest BCUT2D eigenvalue weighted by molar-refractivity contribution is 6.21. The first-order chi connectivity index (χ1) is 28.2. The summed E-state index contributed by atoms with van der Waals surface area (Å²) in [5.74, 6) is 0.614. The molecule has 4 heteroatoms. The van der Waals surface area contributed by atoms with E-state index in [1.54, 1.807) is 0 Å². The zero-order valence-electron chi connectivity index (χ0n) is 30.8. The summed E-state index contributed by atoms with van der Waals surface area (Å²) in [5.41, 5.74) is 14.5. The maximum atomic E-state index is 6.59. The van der Waals surface area contributed by atoms with E-state index in [0.29, 0.717) is 5.89 Å². The Kier molecular flexibility index (Phi) is 7.78. The Morgan fingerprint density at radius 2 is 0.912 bits per heavy atom. The highest BCUT2D eigenvalue weighted by Gasteiger charge is 2.19. The van der Waals surface area contributed by atoms with E-state index in [0.717, 1.165) is 83.3 Å². The third kappa shape index (κ3) is 5.83. The summed E-state index contributed by atoms with van der Waals surface area (Å²) in [4.78, 5) is 7.04. The predicted octanol–water partition coefficient (Wildman–Crippen LogP) is 15.0. The number of para-hydroxylation sites is 3. The van der Waals surface area contributed by atoms with E-state index in [1.807, 2.05) is 24.3 Å². The van der Waals surface area contributed by atoms with Crippen LogP contribution in [0.25, 0.3) is 88.6 Å². The lowest BCUT2D eigenvalue weighted by atomic mass is 9.92. The lowest BCUT2D eigenvalue weighted by molar-refractivity contribution is 0.620. The van der Waals surface area contributed by atoms with Crippen LogP contribution in [0.15, 0.2) is 215 Å². The molecule has 0 amide bonds. The van der Waals surface area contributed by atoms with Crippen molar-refractivity contribution in [3.63, 3.8) is 0 Å². The van der Waals surface area contributed by atoms with Gasteiger partial charge in [0, 0.05) is 39.0 Å². The third-order valence-corrected chi connectivity index (χ3v) is 10.9. The van der Waals surface area contributed by atoms with Crippen molar-refractivity contribution in [3.05, 3.63) is 206 Å². The fraction of sp³-hybridized carbons (Fsp3) is 0. The van der Waals surface area contributed by atoms with Crippen molar-refractivity contribution in [1.29, 1.82) is 0 Å². The van der Waals surface area contributed by atoms with Crippen molar-refractivity contribution in [2.24, 2.45) is 0 Å². The molecule has 268 valence electrons. The topological polar surface area (TPSA) is 42.4 Å². The van der Waals surface area contributed by atoms with Crippen LogP contribution in [0.5, 0.6) is 0 Å². The van der Waals surface area contributed by atoms with Crippen molar-refractivity contribution in [2.45, 2.75) is 0 Å². The molecule has 9 aromatic carbocycles. The summed E-state index contributed by atoms with van der Waals surface area (Å²) in [6.07, 6.45) is 0. The number of nitrogens with zero attached hydrogens (tertiary/aromatic N) is 2. The van der Waals surface area contributed by atoms with Crippen LogP contribution in [0.1, 0.15) is 0 Å². The van der Waals surface area contributed by atoms with Crippen molar-refractivity contribution < 1.29 is 8.83 Å². The summed E-state index contributed by atoms with van der Waals surface area (Å²) in [6, 6.07) is 72.3. The zero-order valence-corrected chi connectivity index (χ0v) is 30.8. The van der Waals surface area contributed by atoms with Gasteiger partial charge in [-0.15, -0.1) is 0 Å². The molecule has 0 bridgehead atoms. The second-order valence-corrected chi connectivity index (χ2v) is 14.4. The molecule has 2 aromatic heterocycles. The Labute approximate surface area is 329 Å². The summed E-state index contributed by atoms with van der Waals surface area (Å²) < 4.78 is 12.7. The maximum absolute atomic E-state index is 6.59. The van der Waals surface area contributed by atoms with Gasteiger partial charge in [0.2, 0.25) is 5.89 Å². The van der Waals surface area contributed by atoms with Gasteiger partial charge in [0.25, 0.3) is 0 Å². The Hall–Kier alpha value is -7.69. The molecular weight excluding hydrogens is 697 g/mol. The van der Waals surface area contributed by atoms with E-state index in [9.17, 15) is 0 Å². The van der Waals surface area contributed by atoms with Gasteiger partial charge in [-0.1, -0.05) is 127 Å². The number of anilines is 3. The summed E-state index contributed by atoms with van der Waals surface area (Å²) >= 11 is 0. The molecule has 2 heterocycles. The fourth-order valence-electron chi connectivity index (χ4n) is 8.12. The van der Waals surface area contributed by atoms with Crippen LogP contribution in [0.3, 0.4) is 0 Å². The molecular formula is C53H34N2O2. The number of rotatable bonds is 7. The molecule has 0 radical (unpaired) electrons. The minimum Gasteiger partial charge on any atom is -0.456 e. The second kappa shape index (κ2) is 13.6. The molecule has 0 unspecified atom stereocenters. The fourth-order valence-corrected chi connectivity index (χ4v) is 8.12. The van der Waals surface area contributed by atoms with Crippen LogP contribution >= 0.6 is 0 Å². The lowest BCUT2D eigenvalue weighted by Crippen LogP contribution is -2.09. The number of hydrogen-bond acceptors (Lipinski definition) is 4. The van der Waals surface area contributed by atoms with Gasteiger partial charge in [-0.25, -0.2) is 4.98 Å². The number of oxazole rings is 1. The standard InChI is InChI=1S/C53H34N2O2/c1-3-11-35(12-4-1)36-23-28-43(29-24-36)55(42-14-5-2-6-15-42)44-30-25-37(26-31-44)40-27-32-48-46(33-40)52-50(56-48)34-41-13-7-8-16-45(41)51(52)38-19-21-39(22-20-38)53-54-47-17-9-10-18-49(47)57-53/h1-34H. The summed E-state index contributed by atoms with van der Waals surface area (Å²) in [5, 5.41) is 4.50. The highest BCUT2D eigenvalue weighted by atomic mass is 16.3. The second-order valence-electron chi connectivity index (χ2n) is 14.4. The molecule has 0 fully saturated rings. The number of fused-ring (bicyclic) bond motifs is 5. The minimum atomic E-state index is 0.614. The van der Waals surface area contributed by atoms with E-state index >= 15 is 0 Å². The van der Waals surface area contributed by atoms with E-state index in [1.165, 1.54) is 16.5 Å². The average molecular weight is 731 g/mol. The quantitative estimate of drug-likeness (QED) is 0.164. The van der Waals surface area contributed by atoms with Gasteiger partial charge >= 0.3 is 0 Å². The molecule has 0 atom stereocenters. The molecule has 0 saturated heterocycles. The van der Waals surface area contributed by atoms with E-state index in [2.05, 4.69) is 187 Å². The first-order valence-corrected chi connectivity index (χ1v) is 19.2. The number of hydrogen-bond donors (Lipinski definition) is 0. The van der Waals surface area contributed by atoms with Gasteiger partial charge in [0.1, 0.15) is 16.7 Å². The van der Waals surface area contributed by atoms with Crippen LogP contribution in [0, 0.1) is 0 Å². The summed E-state index contributed by atoms with van der Waals surface area (Å²) in [6.45, 7) is 0. The minimum absolute atomic E-state index is 0.614. The van der Waals surface area contributed by atoms with Gasteiger partial charge in [-0.3, -0.25) is 0 Å². The van der Waals surface area contributed by atoms with Gasteiger partial charge < -0.3 is 13.7 Å². The van der Waals surface area contributed by atoms with Crippen molar-refractivity contribution in [2.75, 3.05) is 4.90 Å². The van der Waals surface area contributed by atoms with Crippen molar-refractivity contribution in [3.8, 4) is 44.8 Å². The number of aromatic nitrogens is 1. The van der Waals surface area contributed by atoms with E-state index in [-0.39, 0.29) is 0 Å². The lowest BCUT2D eigenvalue weighted by Gasteiger charge is -2.26. The van der Waals surface area contributed by atoms with Crippen LogP contribution in [0.4, 0.5) is 17.1 Å². The normalized spacial score (nSPS) is 11.5. The maximum Gasteiger partial charge on any atom is 0.227 e. The molecule has 0 saturated carbocycles. The Morgan fingerprint density at radius 1 is 0.351 bits per heavy atom. The largest absolute Gasteiger partial charge is 0.456 e. The van der Waals surface area contributed by atoms with E-state index in [4.69, 9.17) is 13.8 Å². The van der Waals surface area contributed by atoms with Gasteiger partial charge in [-0.2, -0.15) is 0 Å². The highest BCUT2D eigenvalue weighted by Crippen LogP contribution is 2.44. The molecule has 11 aromatic rings. The smallest absolute Gasteiger partial charge is 0.227 e. The molecule has 0 aliphatic carbocycles. The Morgan fingerprint density at radius 3 is 1.65 bits per heavy atom. The van der Waals surface area contributed by atoms with Gasteiger partial charge in [-0.05, 0) is 117 Å². The van der Waals surface area contributed by atoms with Crippen LogP contribution in [0.2, 0.25) is 0 Å². The van der Waals surface area contributed by atoms with E-state index < -0.39 is 0 Å². The van der Waals surface area contributed by atoms with Crippen LogP contribution in [-0.2, 0) is 0 Å². The first-order valence-electron chi connectivity index (χ1n) is 19.2. The van der Waals surface area contributed by atoms with Crippen molar-refractivity contribution in [1.82, 2.24) is 4.98 Å². The first kappa shape index (κ1) is 32.7. The van der Waals surface area contributed by atoms with Gasteiger partial charge in [0.15, 0.2) is 5.58 Å². The Bertz CT molecular complexity index is 3170. The number of furan rings is 1. The molecule has 11 rings (SSSR count). The molecule has 0 aliphatic rings. The predicted molar refractivity (Wildman–Crippen MR) is 235 cm³/mol. The SMILES string of the molecule is c1ccc(-c2ccc(N(c3ccccc3)c3ccc(-c4ccc5oc6cc7ccccc7c(-c7ccc(-c8nc9ccccc9o8)cc7)c6c5c4)cc3)cc2)cc1. The molecule has 0 N–H and O–H groups in total. The van der Waals surface area contributed by atoms with Crippen molar-refractivity contribution >= 4 is 60.9 Å².